The van der Waals surface area contributed by atoms with Gasteiger partial charge in [0, 0.05) is 24.0 Å². The van der Waals surface area contributed by atoms with Gasteiger partial charge in [-0.15, -0.1) is 0 Å². The van der Waals surface area contributed by atoms with Crippen LogP contribution in [0.15, 0.2) is 18.2 Å². The molecule has 17 heavy (non-hydrogen) atoms. The Kier molecular flexibility index (Phi) is 3.23. The number of nitriles is 1. The van der Waals surface area contributed by atoms with Crippen LogP contribution >= 0.6 is 0 Å². The Morgan fingerprint density at radius 2 is 2.18 bits per heavy atom. The molecule has 2 rings (SSSR count). The highest BCUT2D eigenvalue weighted by Gasteiger charge is 2.23. The van der Waals surface area contributed by atoms with Crippen LogP contribution in [0, 0.1) is 17.2 Å². The summed E-state index contributed by atoms with van der Waals surface area (Å²) in [4.78, 5) is 2.38. The molecule has 2 unspecified atom stereocenters. The summed E-state index contributed by atoms with van der Waals surface area (Å²) in [5, 5.41) is 9.00. The van der Waals surface area contributed by atoms with Gasteiger partial charge in [-0.3, -0.25) is 0 Å². The van der Waals surface area contributed by atoms with Gasteiger partial charge in [0.2, 0.25) is 0 Å². The molecule has 0 spiro atoms. The van der Waals surface area contributed by atoms with Crippen LogP contribution in [0.2, 0.25) is 0 Å². The number of rotatable bonds is 1. The molecule has 0 aliphatic carbocycles. The molecule has 0 radical (unpaired) electrons. The molecule has 3 heteroatoms. The number of anilines is 2. The summed E-state index contributed by atoms with van der Waals surface area (Å²) >= 11 is 0. The number of piperidine rings is 1. The van der Waals surface area contributed by atoms with E-state index < -0.39 is 0 Å². The molecular formula is C14H19N3. The van der Waals surface area contributed by atoms with Gasteiger partial charge < -0.3 is 10.6 Å². The second-order valence-corrected chi connectivity index (χ2v) is 5.06. The summed E-state index contributed by atoms with van der Waals surface area (Å²) in [7, 11) is 0. The molecular weight excluding hydrogens is 210 g/mol. The Labute approximate surface area is 103 Å². The van der Waals surface area contributed by atoms with Crippen LogP contribution in [0.5, 0.6) is 0 Å². The average molecular weight is 229 g/mol. The van der Waals surface area contributed by atoms with Gasteiger partial charge in [0.1, 0.15) is 6.07 Å². The third kappa shape index (κ3) is 2.36. The Morgan fingerprint density at radius 1 is 1.41 bits per heavy atom. The number of nitrogens with zero attached hydrogens (tertiary/aromatic N) is 2. The molecule has 0 bridgehead atoms. The van der Waals surface area contributed by atoms with Crippen LogP contribution in [0.4, 0.5) is 11.4 Å². The molecule has 1 heterocycles. The average Bonchev–Trinajstić information content (AvgIpc) is 2.30. The SMILES string of the molecule is CC1CCN(c2ccc(N)c(C#N)c2)C(C)C1. The zero-order valence-electron chi connectivity index (χ0n) is 10.5. The minimum Gasteiger partial charge on any atom is -0.398 e. The molecule has 1 saturated heterocycles. The van der Waals surface area contributed by atoms with Crippen LogP contribution in [0.25, 0.3) is 0 Å². The van der Waals surface area contributed by atoms with E-state index in [0.717, 1.165) is 18.2 Å². The number of hydrogen-bond acceptors (Lipinski definition) is 3. The number of nitrogen functional groups attached to an aromatic ring is 1. The zero-order chi connectivity index (χ0) is 12.4. The van der Waals surface area contributed by atoms with Crippen molar-refractivity contribution in [1.82, 2.24) is 0 Å². The first kappa shape index (κ1) is 11.8. The van der Waals surface area contributed by atoms with Crippen molar-refractivity contribution in [2.75, 3.05) is 17.2 Å². The lowest BCUT2D eigenvalue weighted by Gasteiger charge is -2.38. The van der Waals surface area contributed by atoms with Crippen molar-refractivity contribution in [3.05, 3.63) is 23.8 Å². The normalized spacial score (nSPS) is 24.4. The minimum atomic E-state index is 0.536. The second-order valence-electron chi connectivity index (χ2n) is 5.06. The highest BCUT2D eigenvalue weighted by atomic mass is 15.2. The lowest BCUT2D eigenvalue weighted by atomic mass is 9.93. The van der Waals surface area contributed by atoms with Crippen molar-refractivity contribution in [3.8, 4) is 6.07 Å². The smallest absolute Gasteiger partial charge is 0.101 e. The fourth-order valence-corrected chi connectivity index (χ4v) is 2.61. The first-order chi connectivity index (χ1) is 8.11. The molecule has 1 aliphatic rings. The second kappa shape index (κ2) is 4.67. The van der Waals surface area contributed by atoms with Crippen molar-refractivity contribution in [2.24, 2.45) is 5.92 Å². The van der Waals surface area contributed by atoms with Crippen LogP contribution in [-0.2, 0) is 0 Å². The topological polar surface area (TPSA) is 53.0 Å². The van der Waals surface area contributed by atoms with Gasteiger partial charge in [0.25, 0.3) is 0 Å². The van der Waals surface area contributed by atoms with Crippen LogP contribution in [0.3, 0.4) is 0 Å². The monoisotopic (exact) mass is 229 g/mol. The highest BCUT2D eigenvalue weighted by Crippen LogP contribution is 2.29. The minimum absolute atomic E-state index is 0.536. The first-order valence-electron chi connectivity index (χ1n) is 6.18. The Morgan fingerprint density at radius 3 is 2.82 bits per heavy atom. The summed E-state index contributed by atoms with van der Waals surface area (Å²) in [6.07, 6.45) is 2.43. The maximum absolute atomic E-state index is 9.00. The molecule has 0 aromatic heterocycles. The van der Waals surface area contributed by atoms with Gasteiger partial charge >= 0.3 is 0 Å². The molecule has 1 aromatic carbocycles. The lowest BCUT2D eigenvalue weighted by molar-refractivity contribution is 0.378. The van der Waals surface area contributed by atoms with Crippen molar-refractivity contribution in [2.45, 2.75) is 32.7 Å². The number of benzene rings is 1. The molecule has 0 amide bonds. The molecule has 3 nitrogen and oxygen atoms in total. The molecule has 2 N–H and O–H groups in total. The highest BCUT2D eigenvalue weighted by molar-refractivity contribution is 5.63. The molecule has 1 aromatic rings. The summed E-state index contributed by atoms with van der Waals surface area (Å²) < 4.78 is 0. The van der Waals surface area contributed by atoms with Gasteiger partial charge in [-0.2, -0.15) is 5.26 Å². The van der Waals surface area contributed by atoms with Gasteiger partial charge in [-0.1, -0.05) is 6.92 Å². The van der Waals surface area contributed by atoms with Crippen LogP contribution in [0.1, 0.15) is 32.3 Å². The maximum Gasteiger partial charge on any atom is 0.101 e. The quantitative estimate of drug-likeness (QED) is 0.753. The first-order valence-corrected chi connectivity index (χ1v) is 6.18. The van der Waals surface area contributed by atoms with Gasteiger partial charge in [-0.05, 0) is 43.9 Å². The van der Waals surface area contributed by atoms with E-state index in [1.165, 1.54) is 12.8 Å². The lowest BCUT2D eigenvalue weighted by Crippen LogP contribution is -2.40. The fraction of sp³-hybridized carbons (Fsp3) is 0.500. The molecule has 2 atom stereocenters. The molecule has 1 fully saturated rings. The van der Waals surface area contributed by atoms with Crippen molar-refractivity contribution < 1.29 is 0 Å². The van der Waals surface area contributed by atoms with E-state index in [1.807, 2.05) is 18.2 Å². The molecule has 0 saturated carbocycles. The van der Waals surface area contributed by atoms with E-state index in [9.17, 15) is 0 Å². The third-order valence-corrected chi connectivity index (χ3v) is 3.63. The Hall–Kier alpha value is -1.69. The van der Waals surface area contributed by atoms with Gasteiger partial charge in [0.15, 0.2) is 0 Å². The van der Waals surface area contributed by atoms with Gasteiger partial charge in [-0.25, -0.2) is 0 Å². The zero-order valence-corrected chi connectivity index (χ0v) is 10.5. The molecule has 90 valence electrons. The summed E-state index contributed by atoms with van der Waals surface area (Å²) in [6.45, 7) is 5.62. The van der Waals surface area contributed by atoms with Gasteiger partial charge in [0.05, 0.1) is 5.56 Å². The molecule has 1 aliphatic heterocycles. The third-order valence-electron chi connectivity index (χ3n) is 3.63. The summed E-state index contributed by atoms with van der Waals surface area (Å²) in [5.74, 6) is 0.797. The van der Waals surface area contributed by atoms with Crippen molar-refractivity contribution in [1.29, 1.82) is 5.26 Å². The Balaban J connectivity index is 2.26. The largest absolute Gasteiger partial charge is 0.398 e. The van der Waals surface area contributed by atoms with E-state index in [4.69, 9.17) is 11.0 Å². The van der Waals surface area contributed by atoms with Crippen molar-refractivity contribution >= 4 is 11.4 Å². The fourth-order valence-electron chi connectivity index (χ4n) is 2.61. The van der Waals surface area contributed by atoms with E-state index in [-0.39, 0.29) is 0 Å². The van der Waals surface area contributed by atoms with E-state index in [2.05, 4.69) is 24.8 Å². The summed E-state index contributed by atoms with van der Waals surface area (Å²) in [6, 6.07) is 8.44. The number of nitrogens with two attached hydrogens (primary N) is 1. The van der Waals surface area contributed by atoms with E-state index in [0.29, 0.717) is 17.3 Å². The number of hydrogen-bond donors (Lipinski definition) is 1. The predicted molar refractivity (Wildman–Crippen MR) is 70.8 cm³/mol. The van der Waals surface area contributed by atoms with E-state index >= 15 is 0 Å². The predicted octanol–water partition coefficient (Wildman–Crippen LogP) is 2.77. The Bertz CT molecular complexity index is 447. The standard InChI is InChI=1S/C14H19N3/c1-10-5-6-17(11(2)7-10)13-3-4-14(16)12(8-13)9-15/h3-4,8,10-11H,5-7,16H2,1-2H3. The van der Waals surface area contributed by atoms with E-state index in [1.54, 1.807) is 0 Å². The van der Waals surface area contributed by atoms with Crippen LogP contribution < -0.4 is 10.6 Å². The van der Waals surface area contributed by atoms with Crippen LogP contribution in [-0.4, -0.2) is 12.6 Å². The maximum atomic E-state index is 9.00. The van der Waals surface area contributed by atoms with Crippen molar-refractivity contribution in [3.63, 3.8) is 0 Å². The summed E-state index contributed by atoms with van der Waals surface area (Å²) in [5.41, 5.74) is 8.01.